The van der Waals surface area contributed by atoms with E-state index < -0.39 is 4.92 Å². The summed E-state index contributed by atoms with van der Waals surface area (Å²) in [6.45, 7) is 6.63. The molecule has 1 aromatic rings. The van der Waals surface area contributed by atoms with Crippen LogP contribution in [0.25, 0.3) is 0 Å². The van der Waals surface area contributed by atoms with Crippen LogP contribution in [0.3, 0.4) is 0 Å². The lowest BCUT2D eigenvalue weighted by Gasteiger charge is -2.24. The molecule has 2 N–H and O–H groups in total. The van der Waals surface area contributed by atoms with Crippen LogP contribution >= 0.6 is 0 Å². The Morgan fingerprint density at radius 3 is 2.54 bits per heavy atom. The summed E-state index contributed by atoms with van der Waals surface area (Å²) in [4.78, 5) is 10.8. The highest BCUT2D eigenvalue weighted by Crippen LogP contribution is 2.38. The highest BCUT2D eigenvalue weighted by atomic mass is 16.6. The van der Waals surface area contributed by atoms with Crippen molar-refractivity contribution in [2.24, 2.45) is 0 Å². The van der Waals surface area contributed by atoms with Gasteiger partial charge in [-0.15, -0.1) is 0 Å². The Kier molecular flexibility index (Phi) is 8.36. The van der Waals surface area contributed by atoms with Gasteiger partial charge in [0.15, 0.2) is 11.5 Å². The molecule has 154 valence electrons. The molecule has 1 aromatic carbocycles. The van der Waals surface area contributed by atoms with E-state index in [-0.39, 0.29) is 17.5 Å². The number of benzene rings is 1. The van der Waals surface area contributed by atoms with Crippen molar-refractivity contribution in [2.45, 2.75) is 71.8 Å². The molecular weight excluding hydrogens is 356 g/mol. The fourth-order valence-corrected chi connectivity index (χ4v) is 3.25. The van der Waals surface area contributed by atoms with Crippen molar-refractivity contribution in [3.05, 3.63) is 45.5 Å². The fourth-order valence-electron chi connectivity index (χ4n) is 3.25. The van der Waals surface area contributed by atoms with Gasteiger partial charge in [-0.1, -0.05) is 23.6 Å². The van der Waals surface area contributed by atoms with E-state index in [1.807, 2.05) is 6.08 Å². The number of rotatable bonds is 9. The van der Waals surface area contributed by atoms with Gasteiger partial charge in [-0.05, 0) is 65.4 Å². The minimum Gasteiger partial charge on any atom is -0.486 e. The van der Waals surface area contributed by atoms with Crippen LogP contribution in [0.4, 0.5) is 11.4 Å². The van der Waals surface area contributed by atoms with Gasteiger partial charge >= 0.3 is 0 Å². The summed E-state index contributed by atoms with van der Waals surface area (Å²) in [5.41, 5.74) is 8.34. The second-order valence-corrected chi connectivity index (χ2v) is 7.67. The van der Waals surface area contributed by atoms with E-state index in [0.29, 0.717) is 18.1 Å². The summed E-state index contributed by atoms with van der Waals surface area (Å²) < 4.78 is 11.9. The van der Waals surface area contributed by atoms with Gasteiger partial charge in [0, 0.05) is 6.07 Å². The number of hydrogen-bond donors (Lipinski definition) is 1. The summed E-state index contributed by atoms with van der Waals surface area (Å²) in [5.74, 6) is 0.866. The number of nitrogen functional groups attached to an aromatic ring is 1. The first-order valence-corrected chi connectivity index (χ1v) is 10.0. The Bertz CT molecular complexity index is 730. The largest absolute Gasteiger partial charge is 0.486 e. The molecule has 1 saturated carbocycles. The lowest BCUT2D eigenvalue weighted by Crippen LogP contribution is -2.20. The van der Waals surface area contributed by atoms with Crippen molar-refractivity contribution in [1.82, 2.24) is 0 Å². The van der Waals surface area contributed by atoms with Crippen molar-refractivity contribution >= 4 is 11.4 Å². The summed E-state index contributed by atoms with van der Waals surface area (Å²) in [6.07, 6.45) is 11.7. The number of nitro benzene ring substituents is 1. The zero-order valence-corrected chi connectivity index (χ0v) is 17.2. The predicted molar refractivity (Wildman–Crippen MR) is 113 cm³/mol. The Hall–Kier alpha value is -2.50. The Morgan fingerprint density at radius 1 is 1.18 bits per heavy atom. The number of hydrogen-bond acceptors (Lipinski definition) is 5. The van der Waals surface area contributed by atoms with Gasteiger partial charge < -0.3 is 15.2 Å². The van der Waals surface area contributed by atoms with Crippen molar-refractivity contribution < 1.29 is 14.4 Å². The highest BCUT2D eigenvalue weighted by molar-refractivity contribution is 5.66. The van der Waals surface area contributed by atoms with Crippen LogP contribution in [0.5, 0.6) is 11.5 Å². The van der Waals surface area contributed by atoms with Gasteiger partial charge in [0.1, 0.15) is 12.3 Å². The quantitative estimate of drug-likeness (QED) is 0.244. The number of ether oxygens (including phenoxy) is 2. The number of nitro groups is 1. The lowest BCUT2D eigenvalue weighted by molar-refractivity contribution is -0.384. The summed E-state index contributed by atoms with van der Waals surface area (Å²) >= 11 is 0. The van der Waals surface area contributed by atoms with Crippen LogP contribution in [-0.4, -0.2) is 17.6 Å². The molecule has 0 aliphatic heterocycles. The van der Waals surface area contributed by atoms with Crippen molar-refractivity contribution in [3.8, 4) is 11.5 Å². The first-order valence-electron chi connectivity index (χ1n) is 10.0. The van der Waals surface area contributed by atoms with Crippen LogP contribution in [0.1, 0.15) is 65.7 Å². The number of nitrogens with two attached hydrogens (primary N) is 1. The normalized spacial score (nSPS) is 15.2. The third-order valence-electron chi connectivity index (χ3n) is 4.90. The molecule has 0 unspecified atom stereocenters. The first kappa shape index (κ1) is 21.8. The number of nitrogens with zero attached hydrogens (tertiary/aromatic N) is 1. The minimum atomic E-state index is -0.486. The van der Waals surface area contributed by atoms with E-state index in [2.05, 4.69) is 26.8 Å². The molecule has 0 saturated heterocycles. The molecule has 0 amide bonds. The maximum Gasteiger partial charge on any atom is 0.296 e. The van der Waals surface area contributed by atoms with Crippen LogP contribution in [-0.2, 0) is 0 Å². The monoisotopic (exact) mass is 388 g/mol. The third kappa shape index (κ3) is 6.91. The van der Waals surface area contributed by atoms with E-state index in [1.54, 1.807) is 0 Å². The van der Waals surface area contributed by atoms with Gasteiger partial charge in [0.25, 0.3) is 5.69 Å². The summed E-state index contributed by atoms with van der Waals surface area (Å²) in [6, 6.07) is 2.90. The van der Waals surface area contributed by atoms with Gasteiger partial charge in [-0.25, -0.2) is 0 Å². The van der Waals surface area contributed by atoms with Crippen LogP contribution < -0.4 is 15.2 Å². The zero-order valence-electron chi connectivity index (χ0n) is 17.2. The molecule has 0 atom stereocenters. The van der Waals surface area contributed by atoms with Crippen LogP contribution in [0, 0.1) is 10.1 Å². The molecule has 0 aromatic heterocycles. The van der Waals surface area contributed by atoms with Gasteiger partial charge in [0.05, 0.1) is 17.1 Å². The molecule has 0 spiro atoms. The maximum absolute atomic E-state index is 11.2. The molecule has 2 rings (SSSR count). The molecule has 1 aliphatic carbocycles. The second kappa shape index (κ2) is 10.7. The molecule has 6 heteroatoms. The fraction of sp³-hybridized carbons (Fsp3) is 0.545. The first-order chi connectivity index (χ1) is 13.4. The molecule has 0 radical (unpaired) electrons. The minimum absolute atomic E-state index is 0.0701. The molecule has 1 fully saturated rings. The maximum atomic E-state index is 11.2. The molecule has 28 heavy (non-hydrogen) atoms. The average Bonchev–Trinajstić information content (AvgIpc) is 2.64. The Balaban J connectivity index is 2.09. The van der Waals surface area contributed by atoms with Crippen molar-refractivity contribution in [3.63, 3.8) is 0 Å². The van der Waals surface area contributed by atoms with E-state index >= 15 is 0 Å². The highest BCUT2D eigenvalue weighted by Gasteiger charge is 2.22. The Labute approximate surface area is 167 Å². The van der Waals surface area contributed by atoms with Gasteiger partial charge in [-0.2, -0.15) is 0 Å². The van der Waals surface area contributed by atoms with Crippen molar-refractivity contribution in [1.29, 1.82) is 0 Å². The molecule has 0 bridgehead atoms. The van der Waals surface area contributed by atoms with E-state index in [4.69, 9.17) is 15.2 Å². The summed E-state index contributed by atoms with van der Waals surface area (Å²) in [7, 11) is 0. The van der Waals surface area contributed by atoms with E-state index in [0.717, 1.165) is 38.5 Å². The Morgan fingerprint density at radius 2 is 1.89 bits per heavy atom. The molecule has 0 heterocycles. The number of allylic oxidation sites excluding steroid dienone is 3. The second-order valence-electron chi connectivity index (χ2n) is 7.67. The van der Waals surface area contributed by atoms with Crippen LogP contribution in [0.15, 0.2) is 35.4 Å². The van der Waals surface area contributed by atoms with Crippen molar-refractivity contribution in [2.75, 3.05) is 12.3 Å². The standard InChI is InChI=1S/C22H32N2O4/c1-16(2)8-7-9-17(3)12-13-27-21-14-19(23)20(24(25)26)15-22(21)28-18-10-5-4-6-11-18/h8,12,14-15,18H,4-7,9-11,13,23H2,1-3H3/b17-12+. The molecular formula is C22H32N2O4. The lowest BCUT2D eigenvalue weighted by atomic mass is 9.98. The average molecular weight is 389 g/mol. The van der Waals surface area contributed by atoms with Crippen LogP contribution in [0.2, 0.25) is 0 Å². The zero-order chi connectivity index (χ0) is 20.5. The topological polar surface area (TPSA) is 87.6 Å². The third-order valence-corrected chi connectivity index (χ3v) is 4.90. The smallest absolute Gasteiger partial charge is 0.296 e. The molecule has 6 nitrogen and oxygen atoms in total. The number of anilines is 1. The van der Waals surface area contributed by atoms with E-state index in [1.165, 1.54) is 29.7 Å². The molecule has 1 aliphatic rings. The SMILES string of the molecule is CC(C)=CCC/C(C)=C/COc1cc(N)c([N+](=O)[O-])cc1OC1CCCCC1. The van der Waals surface area contributed by atoms with Gasteiger partial charge in [-0.3, -0.25) is 10.1 Å². The predicted octanol–water partition coefficient (Wildman–Crippen LogP) is 5.96. The summed E-state index contributed by atoms with van der Waals surface area (Å²) in [5, 5.41) is 11.2. The van der Waals surface area contributed by atoms with Gasteiger partial charge in [0.2, 0.25) is 0 Å². The van der Waals surface area contributed by atoms with E-state index in [9.17, 15) is 10.1 Å².